The second-order valence-electron chi connectivity index (χ2n) is 6.74. The molecule has 1 aromatic heterocycles. The van der Waals surface area contributed by atoms with Gasteiger partial charge in [0.1, 0.15) is 12.4 Å². The third-order valence-electron chi connectivity index (χ3n) is 4.31. The summed E-state index contributed by atoms with van der Waals surface area (Å²) < 4.78 is 15.7. The van der Waals surface area contributed by atoms with Crippen LogP contribution < -0.4 is 16.2 Å². The average molecular weight is 459 g/mol. The van der Waals surface area contributed by atoms with E-state index in [0.717, 1.165) is 10.0 Å². The predicted octanol–water partition coefficient (Wildman–Crippen LogP) is 4.45. The SMILES string of the molecule is Cc1cc(=O)n(CC(=O)Nc2ccc(Br)cc2C)c(Nc2ccc(F)c(C)c2)n1. The minimum atomic E-state index is -0.360. The Morgan fingerprint density at radius 3 is 2.55 bits per heavy atom. The zero-order valence-corrected chi connectivity index (χ0v) is 17.8. The lowest BCUT2D eigenvalue weighted by Gasteiger charge is -2.15. The van der Waals surface area contributed by atoms with Crippen molar-refractivity contribution in [2.75, 3.05) is 10.6 Å². The molecule has 1 amide bonds. The van der Waals surface area contributed by atoms with Gasteiger partial charge < -0.3 is 10.6 Å². The van der Waals surface area contributed by atoms with Crippen LogP contribution in [-0.4, -0.2) is 15.5 Å². The van der Waals surface area contributed by atoms with Crippen LogP contribution in [0.2, 0.25) is 0 Å². The Balaban J connectivity index is 1.87. The summed E-state index contributed by atoms with van der Waals surface area (Å²) in [4.78, 5) is 29.4. The van der Waals surface area contributed by atoms with Gasteiger partial charge in [0.05, 0.1) is 0 Å². The number of hydrogen-bond acceptors (Lipinski definition) is 4. The molecule has 8 heteroatoms. The summed E-state index contributed by atoms with van der Waals surface area (Å²) in [6.07, 6.45) is 0. The maximum Gasteiger partial charge on any atom is 0.255 e. The first kappa shape index (κ1) is 20.7. The molecule has 0 aliphatic rings. The highest BCUT2D eigenvalue weighted by molar-refractivity contribution is 9.10. The molecule has 0 fully saturated rings. The van der Waals surface area contributed by atoms with E-state index in [1.807, 2.05) is 19.1 Å². The Bertz CT molecular complexity index is 1140. The molecular weight excluding hydrogens is 439 g/mol. The van der Waals surface area contributed by atoms with Crippen LogP contribution in [-0.2, 0) is 11.3 Å². The van der Waals surface area contributed by atoms with E-state index in [-0.39, 0.29) is 29.8 Å². The van der Waals surface area contributed by atoms with Crippen LogP contribution in [0.4, 0.5) is 21.7 Å². The molecule has 2 N–H and O–H groups in total. The van der Waals surface area contributed by atoms with Crippen molar-refractivity contribution < 1.29 is 9.18 Å². The van der Waals surface area contributed by atoms with Crippen molar-refractivity contribution in [3.63, 3.8) is 0 Å². The monoisotopic (exact) mass is 458 g/mol. The number of nitrogens with zero attached hydrogens (tertiary/aromatic N) is 2. The molecular formula is C21H20BrFN4O2. The van der Waals surface area contributed by atoms with Crippen molar-refractivity contribution >= 4 is 39.2 Å². The lowest BCUT2D eigenvalue weighted by atomic mass is 10.2. The Hall–Kier alpha value is -3.00. The molecule has 2 aromatic carbocycles. The van der Waals surface area contributed by atoms with E-state index in [2.05, 4.69) is 31.5 Å². The van der Waals surface area contributed by atoms with Crippen molar-refractivity contribution in [1.82, 2.24) is 9.55 Å². The smallest absolute Gasteiger partial charge is 0.255 e. The number of carbonyl (C=O) groups is 1. The first-order chi connectivity index (χ1) is 13.7. The molecule has 0 spiro atoms. The summed E-state index contributed by atoms with van der Waals surface area (Å²) in [5.74, 6) is -0.473. The first-order valence-electron chi connectivity index (χ1n) is 8.90. The molecule has 0 atom stereocenters. The van der Waals surface area contributed by atoms with Gasteiger partial charge in [0, 0.05) is 27.6 Å². The molecule has 0 saturated heterocycles. The molecule has 0 unspecified atom stereocenters. The van der Waals surface area contributed by atoms with Crippen molar-refractivity contribution in [2.24, 2.45) is 0 Å². The molecule has 0 saturated carbocycles. The van der Waals surface area contributed by atoms with Crippen LogP contribution in [0.1, 0.15) is 16.8 Å². The number of rotatable bonds is 5. The summed E-state index contributed by atoms with van der Waals surface area (Å²) in [6, 6.07) is 11.4. The van der Waals surface area contributed by atoms with E-state index in [1.54, 1.807) is 32.0 Å². The molecule has 3 aromatic rings. The van der Waals surface area contributed by atoms with E-state index in [1.165, 1.54) is 16.7 Å². The predicted molar refractivity (Wildman–Crippen MR) is 115 cm³/mol. The van der Waals surface area contributed by atoms with Gasteiger partial charge in [0.25, 0.3) is 5.56 Å². The van der Waals surface area contributed by atoms with Gasteiger partial charge in [-0.2, -0.15) is 0 Å². The molecule has 3 rings (SSSR count). The molecule has 0 radical (unpaired) electrons. The molecule has 1 heterocycles. The van der Waals surface area contributed by atoms with Gasteiger partial charge in [0.2, 0.25) is 11.9 Å². The van der Waals surface area contributed by atoms with E-state index in [0.29, 0.717) is 22.6 Å². The molecule has 150 valence electrons. The number of aromatic nitrogens is 2. The third kappa shape index (κ3) is 5.08. The minimum absolute atomic E-state index is 0.212. The Kier molecular flexibility index (Phi) is 6.12. The Morgan fingerprint density at radius 1 is 1.10 bits per heavy atom. The van der Waals surface area contributed by atoms with Crippen LogP contribution in [0.25, 0.3) is 0 Å². The summed E-state index contributed by atoms with van der Waals surface area (Å²) in [5, 5.41) is 5.82. The number of amides is 1. The molecule has 29 heavy (non-hydrogen) atoms. The zero-order valence-electron chi connectivity index (χ0n) is 16.2. The molecule has 0 aliphatic heterocycles. The number of nitrogens with one attached hydrogen (secondary N) is 2. The number of halogens is 2. The largest absolute Gasteiger partial charge is 0.326 e. The second-order valence-corrected chi connectivity index (χ2v) is 7.66. The molecule has 0 bridgehead atoms. The zero-order chi connectivity index (χ0) is 21.1. The van der Waals surface area contributed by atoms with E-state index in [4.69, 9.17) is 0 Å². The number of benzene rings is 2. The Morgan fingerprint density at radius 2 is 1.86 bits per heavy atom. The van der Waals surface area contributed by atoms with Crippen molar-refractivity contribution in [1.29, 1.82) is 0 Å². The maximum absolute atomic E-state index is 13.5. The number of aryl methyl sites for hydroxylation is 3. The van der Waals surface area contributed by atoms with E-state index in [9.17, 15) is 14.0 Å². The van der Waals surface area contributed by atoms with Gasteiger partial charge in [-0.15, -0.1) is 0 Å². The van der Waals surface area contributed by atoms with Crippen molar-refractivity contribution in [2.45, 2.75) is 27.3 Å². The molecule has 6 nitrogen and oxygen atoms in total. The van der Waals surface area contributed by atoms with Crippen LogP contribution in [0.5, 0.6) is 0 Å². The van der Waals surface area contributed by atoms with Crippen LogP contribution in [0.15, 0.2) is 51.7 Å². The third-order valence-corrected chi connectivity index (χ3v) is 4.81. The van der Waals surface area contributed by atoms with Crippen LogP contribution in [0, 0.1) is 26.6 Å². The summed E-state index contributed by atoms with van der Waals surface area (Å²) >= 11 is 3.38. The topological polar surface area (TPSA) is 76.0 Å². The highest BCUT2D eigenvalue weighted by atomic mass is 79.9. The maximum atomic E-state index is 13.5. The highest BCUT2D eigenvalue weighted by Gasteiger charge is 2.13. The lowest BCUT2D eigenvalue weighted by molar-refractivity contribution is -0.116. The second kappa shape index (κ2) is 8.57. The first-order valence-corrected chi connectivity index (χ1v) is 9.70. The number of hydrogen-bond donors (Lipinski definition) is 2. The van der Waals surface area contributed by atoms with Crippen molar-refractivity contribution in [3.8, 4) is 0 Å². The van der Waals surface area contributed by atoms with Gasteiger partial charge in [-0.3, -0.25) is 14.2 Å². The molecule has 0 aliphatic carbocycles. The quantitative estimate of drug-likeness (QED) is 0.591. The summed E-state index contributed by atoms with van der Waals surface area (Å²) in [7, 11) is 0. The van der Waals surface area contributed by atoms with Gasteiger partial charge in [-0.1, -0.05) is 15.9 Å². The average Bonchev–Trinajstić information content (AvgIpc) is 2.63. The van der Waals surface area contributed by atoms with Crippen LogP contribution >= 0.6 is 15.9 Å². The van der Waals surface area contributed by atoms with Gasteiger partial charge >= 0.3 is 0 Å². The summed E-state index contributed by atoms with van der Waals surface area (Å²) in [6.45, 7) is 5.00. The lowest BCUT2D eigenvalue weighted by Crippen LogP contribution is -2.30. The Labute approximate surface area is 175 Å². The highest BCUT2D eigenvalue weighted by Crippen LogP contribution is 2.21. The number of anilines is 3. The summed E-state index contributed by atoms with van der Waals surface area (Å²) in [5.41, 5.74) is 2.73. The van der Waals surface area contributed by atoms with Crippen LogP contribution in [0.3, 0.4) is 0 Å². The normalized spacial score (nSPS) is 10.7. The standard InChI is InChI=1S/C21H20BrFN4O2/c1-12-9-16(5-6-17(12)23)25-21-24-14(3)10-20(29)27(21)11-19(28)26-18-7-4-15(22)8-13(18)2/h4-10H,11H2,1-3H3,(H,24,25)(H,26,28). The van der Waals surface area contributed by atoms with Gasteiger partial charge in [-0.25, -0.2) is 9.37 Å². The van der Waals surface area contributed by atoms with Crippen molar-refractivity contribution in [3.05, 3.63) is 79.9 Å². The van der Waals surface area contributed by atoms with E-state index >= 15 is 0 Å². The fourth-order valence-electron chi connectivity index (χ4n) is 2.82. The number of carbonyl (C=O) groups excluding carboxylic acids is 1. The minimum Gasteiger partial charge on any atom is -0.326 e. The van der Waals surface area contributed by atoms with Gasteiger partial charge in [-0.05, 0) is 68.3 Å². The fraction of sp³-hybridized carbons (Fsp3) is 0.190. The fourth-order valence-corrected chi connectivity index (χ4v) is 3.30. The van der Waals surface area contributed by atoms with Gasteiger partial charge in [0.15, 0.2) is 0 Å². The van der Waals surface area contributed by atoms with E-state index < -0.39 is 0 Å².